The Morgan fingerprint density at radius 1 is 1.13 bits per heavy atom. The van der Waals surface area contributed by atoms with Crippen LogP contribution in [0.5, 0.6) is 0 Å². The molecule has 0 bridgehead atoms. The summed E-state index contributed by atoms with van der Waals surface area (Å²) in [5.41, 5.74) is 1.15. The van der Waals surface area contributed by atoms with Crippen molar-refractivity contribution in [3.8, 4) is 0 Å². The molecule has 0 unspecified atom stereocenters. The van der Waals surface area contributed by atoms with E-state index in [1.165, 1.54) is 37.5 Å². The first-order chi connectivity index (χ1) is 13.8. The van der Waals surface area contributed by atoms with E-state index in [9.17, 15) is 17.6 Å². The monoisotopic (exact) mass is 451 g/mol. The highest BCUT2D eigenvalue weighted by molar-refractivity contribution is 7.91. The Kier molecular flexibility index (Phi) is 8.50. The first-order valence-corrected chi connectivity index (χ1v) is 11.8. The number of carbonyl (C=O) groups is 1. The second-order valence-electron chi connectivity index (χ2n) is 8.10. The third-order valence-electron chi connectivity index (χ3n) is 5.81. The van der Waals surface area contributed by atoms with Gasteiger partial charge in [-0.1, -0.05) is 45.1 Å². The van der Waals surface area contributed by atoms with E-state index in [4.69, 9.17) is 0 Å². The molecule has 1 saturated carbocycles. The number of aryl methyl sites for hydroxylation is 1. The van der Waals surface area contributed by atoms with Crippen LogP contribution in [0.3, 0.4) is 0 Å². The van der Waals surface area contributed by atoms with Gasteiger partial charge in [-0.3, -0.25) is 4.79 Å². The van der Waals surface area contributed by atoms with Gasteiger partial charge in [0.15, 0.2) is 9.84 Å². The van der Waals surface area contributed by atoms with Crippen molar-refractivity contribution in [2.75, 3.05) is 11.1 Å². The van der Waals surface area contributed by atoms with E-state index in [-0.39, 0.29) is 41.4 Å². The van der Waals surface area contributed by atoms with Crippen LogP contribution in [-0.4, -0.2) is 20.1 Å². The smallest absolute Gasteiger partial charge is 0.255 e. The van der Waals surface area contributed by atoms with E-state index >= 15 is 0 Å². The molecule has 0 spiro atoms. The van der Waals surface area contributed by atoms with E-state index in [0.29, 0.717) is 17.2 Å². The molecule has 0 saturated heterocycles. The number of anilines is 1. The Morgan fingerprint density at radius 2 is 1.83 bits per heavy atom. The lowest BCUT2D eigenvalue weighted by atomic mass is 9.82. The van der Waals surface area contributed by atoms with Crippen LogP contribution < -0.4 is 5.32 Å². The van der Waals surface area contributed by atoms with Gasteiger partial charge in [-0.15, -0.1) is 0 Å². The van der Waals surface area contributed by atoms with Crippen molar-refractivity contribution in [3.05, 3.63) is 59.4 Å². The van der Waals surface area contributed by atoms with Gasteiger partial charge >= 0.3 is 0 Å². The van der Waals surface area contributed by atoms with Crippen molar-refractivity contribution in [2.45, 2.75) is 50.8 Å². The number of benzene rings is 2. The number of hydrogen-bond acceptors (Lipinski definition) is 3. The average Bonchev–Trinajstić information content (AvgIpc) is 2.71. The summed E-state index contributed by atoms with van der Waals surface area (Å²) in [4.78, 5) is 12.7. The average molecular weight is 452 g/mol. The minimum atomic E-state index is -3.48. The van der Waals surface area contributed by atoms with Gasteiger partial charge in [0.05, 0.1) is 10.6 Å². The fraction of sp³-hybridized carbons (Fsp3) is 0.435. The van der Waals surface area contributed by atoms with Crippen LogP contribution in [0.4, 0.5) is 10.1 Å². The lowest BCUT2D eigenvalue weighted by molar-refractivity contribution is 0.102. The SMILES string of the molecule is Cc1cc(NC(=O)c2cccc(S(=O)(=O)C[C@@H](C)C3CCCCC3)c2)ccc1F.S. The third-order valence-corrected chi connectivity index (χ3v) is 7.74. The maximum absolute atomic E-state index is 13.4. The molecular weight excluding hydrogens is 421 g/mol. The number of rotatable bonds is 6. The zero-order valence-electron chi connectivity index (χ0n) is 17.4. The summed E-state index contributed by atoms with van der Waals surface area (Å²) in [6, 6.07) is 10.4. The van der Waals surface area contributed by atoms with Gasteiger partial charge in [-0.25, -0.2) is 12.8 Å². The summed E-state index contributed by atoms with van der Waals surface area (Å²) in [5, 5.41) is 2.70. The first kappa shape index (κ1) is 24.4. The molecule has 4 nitrogen and oxygen atoms in total. The topological polar surface area (TPSA) is 63.2 Å². The molecule has 0 aliphatic heterocycles. The Bertz CT molecular complexity index is 986. The van der Waals surface area contributed by atoms with E-state index in [0.717, 1.165) is 12.8 Å². The highest BCUT2D eigenvalue weighted by Crippen LogP contribution is 2.31. The number of halogens is 1. The van der Waals surface area contributed by atoms with Gasteiger partial charge in [-0.2, -0.15) is 13.5 Å². The molecule has 30 heavy (non-hydrogen) atoms. The third kappa shape index (κ3) is 6.08. The van der Waals surface area contributed by atoms with Gasteiger partial charge in [-0.05, 0) is 60.7 Å². The van der Waals surface area contributed by atoms with Gasteiger partial charge in [0.25, 0.3) is 5.91 Å². The number of hydrogen-bond donors (Lipinski definition) is 1. The lowest BCUT2D eigenvalue weighted by Crippen LogP contribution is -2.23. The summed E-state index contributed by atoms with van der Waals surface area (Å²) < 4.78 is 39.3. The van der Waals surface area contributed by atoms with Gasteiger partial charge in [0.2, 0.25) is 0 Å². The highest BCUT2D eigenvalue weighted by atomic mass is 32.2. The quantitative estimate of drug-likeness (QED) is 0.632. The van der Waals surface area contributed by atoms with Crippen molar-refractivity contribution >= 4 is 34.9 Å². The fourth-order valence-corrected chi connectivity index (χ4v) is 5.79. The van der Waals surface area contributed by atoms with E-state index in [1.807, 2.05) is 6.92 Å². The molecule has 1 aliphatic carbocycles. The molecule has 1 N–H and O–H groups in total. The Hall–Kier alpha value is -1.86. The number of carbonyl (C=O) groups excluding carboxylic acids is 1. The maximum atomic E-state index is 13.4. The molecule has 0 heterocycles. The summed E-state index contributed by atoms with van der Waals surface area (Å²) in [6.45, 7) is 3.63. The van der Waals surface area contributed by atoms with Crippen molar-refractivity contribution in [1.82, 2.24) is 0 Å². The molecule has 2 aromatic carbocycles. The van der Waals surface area contributed by atoms with E-state index < -0.39 is 15.7 Å². The van der Waals surface area contributed by atoms with Crippen molar-refractivity contribution in [2.24, 2.45) is 11.8 Å². The normalized spacial score (nSPS) is 15.8. The predicted molar refractivity (Wildman–Crippen MR) is 124 cm³/mol. The molecule has 1 aliphatic rings. The van der Waals surface area contributed by atoms with Crippen LogP contribution in [-0.2, 0) is 9.84 Å². The number of nitrogens with one attached hydrogen (secondary N) is 1. The summed E-state index contributed by atoms with van der Waals surface area (Å²) in [6.07, 6.45) is 5.77. The Labute approximate surface area is 185 Å². The first-order valence-electron chi connectivity index (χ1n) is 10.2. The number of amides is 1. The molecular formula is C23H30FNO3S2. The molecule has 1 fully saturated rings. The zero-order valence-corrected chi connectivity index (χ0v) is 19.3. The summed E-state index contributed by atoms with van der Waals surface area (Å²) in [5.74, 6) is -0.122. The van der Waals surface area contributed by atoms with Crippen molar-refractivity contribution in [3.63, 3.8) is 0 Å². The van der Waals surface area contributed by atoms with E-state index in [2.05, 4.69) is 5.32 Å². The van der Waals surface area contributed by atoms with Crippen molar-refractivity contribution in [1.29, 1.82) is 0 Å². The van der Waals surface area contributed by atoms with Crippen molar-refractivity contribution < 1.29 is 17.6 Å². The minimum absolute atomic E-state index is 0. The zero-order chi connectivity index (χ0) is 21.0. The molecule has 2 aromatic rings. The second-order valence-corrected chi connectivity index (χ2v) is 10.1. The molecule has 7 heteroatoms. The van der Waals surface area contributed by atoms with E-state index in [1.54, 1.807) is 31.2 Å². The summed E-state index contributed by atoms with van der Waals surface area (Å²) >= 11 is 0. The maximum Gasteiger partial charge on any atom is 0.255 e. The summed E-state index contributed by atoms with van der Waals surface area (Å²) in [7, 11) is -3.48. The van der Waals surface area contributed by atoms with Crippen LogP contribution in [0.1, 0.15) is 54.9 Å². The molecule has 1 amide bonds. The Balaban J connectivity index is 0.00000320. The van der Waals surface area contributed by atoms with Crippen LogP contribution >= 0.6 is 13.5 Å². The molecule has 1 atom stereocenters. The number of sulfone groups is 1. The van der Waals surface area contributed by atoms with Gasteiger partial charge in [0, 0.05) is 11.3 Å². The largest absolute Gasteiger partial charge is 0.322 e. The minimum Gasteiger partial charge on any atom is -0.322 e. The van der Waals surface area contributed by atoms with Crippen LogP contribution in [0.25, 0.3) is 0 Å². The van der Waals surface area contributed by atoms with Crippen LogP contribution in [0, 0.1) is 24.6 Å². The Morgan fingerprint density at radius 3 is 2.50 bits per heavy atom. The lowest BCUT2D eigenvalue weighted by Gasteiger charge is -2.27. The van der Waals surface area contributed by atoms with Crippen LogP contribution in [0.2, 0.25) is 0 Å². The van der Waals surface area contributed by atoms with Gasteiger partial charge in [0.1, 0.15) is 5.82 Å². The van der Waals surface area contributed by atoms with Gasteiger partial charge < -0.3 is 5.32 Å². The standard InChI is InChI=1S/C23H28FNO3S.H2S/c1-16-13-20(11-12-22(16)24)25-23(26)19-9-6-10-21(14-19)29(27,28)15-17(2)18-7-4-3-5-8-18;/h6,9-14,17-18H,3-5,7-8,15H2,1-2H3,(H,25,26);1H2/t17-;/m1./s1. The molecule has 3 rings (SSSR count). The second kappa shape index (κ2) is 10.4. The fourth-order valence-electron chi connectivity index (χ4n) is 4.04. The molecule has 164 valence electrons. The molecule has 0 aromatic heterocycles. The predicted octanol–water partition coefficient (Wildman–Crippen LogP) is 5.49. The van der Waals surface area contributed by atoms with Crippen LogP contribution in [0.15, 0.2) is 47.4 Å². The highest BCUT2D eigenvalue weighted by Gasteiger charge is 2.26. The molecule has 0 radical (unpaired) electrons.